The molecule has 1 aromatic heterocycles. The first-order chi connectivity index (χ1) is 17.9. The summed E-state index contributed by atoms with van der Waals surface area (Å²) in [5, 5.41) is 25.6. The lowest BCUT2D eigenvalue weighted by molar-refractivity contribution is -0.384. The molecule has 0 spiro atoms. The van der Waals surface area contributed by atoms with Gasteiger partial charge in [0.1, 0.15) is 11.6 Å². The van der Waals surface area contributed by atoms with Crippen molar-refractivity contribution in [3.63, 3.8) is 0 Å². The van der Waals surface area contributed by atoms with Crippen LogP contribution in [0, 0.1) is 21.4 Å². The van der Waals surface area contributed by atoms with Crippen LogP contribution in [0.3, 0.4) is 0 Å². The molecule has 0 radical (unpaired) electrons. The van der Waals surface area contributed by atoms with Gasteiger partial charge in [0.15, 0.2) is 0 Å². The van der Waals surface area contributed by atoms with Crippen LogP contribution in [0.15, 0.2) is 77.5 Å². The Hall–Kier alpha value is -4.84. The maximum absolute atomic E-state index is 13.6. The number of carbonyl (C=O) groups excluding carboxylic acids is 2. The van der Waals surface area contributed by atoms with E-state index in [1.807, 2.05) is 36.4 Å². The van der Waals surface area contributed by atoms with E-state index in [-0.39, 0.29) is 22.9 Å². The van der Waals surface area contributed by atoms with Crippen LogP contribution in [0.5, 0.6) is 0 Å². The molecule has 37 heavy (non-hydrogen) atoms. The minimum absolute atomic E-state index is 0.0370. The van der Waals surface area contributed by atoms with E-state index in [9.17, 15) is 25.0 Å². The molecule has 0 N–H and O–H groups in total. The number of nitriles is 1. The second-order valence-electron chi connectivity index (χ2n) is 9.11. The Kier molecular flexibility index (Phi) is 6.24. The Bertz CT molecular complexity index is 1500. The van der Waals surface area contributed by atoms with E-state index >= 15 is 0 Å². The lowest BCUT2D eigenvalue weighted by Crippen LogP contribution is -2.47. The molecule has 1 aliphatic carbocycles. The van der Waals surface area contributed by atoms with Gasteiger partial charge in [-0.15, -0.1) is 0 Å². The summed E-state index contributed by atoms with van der Waals surface area (Å²) >= 11 is 0. The number of nitro groups is 1. The van der Waals surface area contributed by atoms with Gasteiger partial charge in [0, 0.05) is 41.1 Å². The molecule has 2 amide bonds. The van der Waals surface area contributed by atoms with Crippen LogP contribution in [0.2, 0.25) is 0 Å². The van der Waals surface area contributed by atoms with Crippen molar-refractivity contribution in [2.45, 2.75) is 38.6 Å². The number of nitrogens with zero attached hydrogens (tertiary/aromatic N) is 5. The molecule has 2 heterocycles. The fourth-order valence-electron chi connectivity index (χ4n) is 4.92. The Labute approximate surface area is 213 Å². The summed E-state index contributed by atoms with van der Waals surface area (Å²) in [6.07, 6.45) is 6.73. The number of rotatable bonds is 5. The van der Waals surface area contributed by atoms with Gasteiger partial charge in [0.2, 0.25) is 0 Å². The molecular formula is C28H23N5O4. The van der Waals surface area contributed by atoms with Crippen molar-refractivity contribution in [3.8, 4) is 23.0 Å². The van der Waals surface area contributed by atoms with Gasteiger partial charge in [-0.2, -0.15) is 10.4 Å². The molecular weight excluding hydrogens is 470 g/mol. The molecule has 0 bridgehead atoms. The first-order valence-corrected chi connectivity index (χ1v) is 12.0. The van der Waals surface area contributed by atoms with Crippen LogP contribution in [0.4, 0.5) is 5.69 Å². The number of non-ortho nitro benzene ring substituents is 1. The van der Waals surface area contributed by atoms with Crippen LogP contribution < -0.4 is 0 Å². The summed E-state index contributed by atoms with van der Waals surface area (Å²) in [5.74, 6) is -0.958. The van der Waals surface area contributed by atoms with E-state index in [0.29, 0.717) is 22.4 Å². The van der Waals surface area contributed by atoms with E-state index in [0.717, 1.165) is 31.4 Å². The highest BCUT2D eigenvalue weighted by molar-refractivity contribution is 6.20. The van der Waals surface area contributed by atoms with Crippen molar-refractivity contribution >= 4 is 23.6 Å². The highest BCUT2D eigenvalue weighted by Crippen LogP contribution is 2.35. The topological polar surface area (TPSA) is 122 Å². The summed E-state index contributed by atoms with van der Waals surface area (Å²) in [7, 11) is 0. The molecule has 0 atom stereocenters. The zero-order chi connectivity index (χ0) is 26.1. The quantitative estimate of drug-likeness (QED) is 0.214. The van der Waals surface area contributed by atoms with Crippen LogP contribution in [-0.2, 0) is 9.59 Å². The lowest BCUT2D eigenvalue weighted by Gasteiger charge is -2.32. The van der Waals surface area contributed by atoms with Gasteiger partial charge >= 0.3 is 0 Å². The van der Waals surface area contributed by atoms with E-state index in [1.165, 1.54) is 17.0 Å². The Morgan fingerprint density at radius 2 is 1.73 bits per heavy atom. The van der Waals surface area contributed by atoms with Crippen molar-refractivity contribution in [3.05, 3.63) is 93.2 Å². The summed E-state index contributed by atoms with van der Waals surface area (Å²) in [4.78, 5) is 38.6. The number of benzene rings is 2. The minimum atomic E-state index is -0.537. The molecule has 184 valence electrons. The van der Waals surface area contributed by atoms with Gasteiger partial charge in [0.05, 0.1) is 16.3 Å². The second-order valence-corrected chi connectivity index (χ2v) is 9.11. The van der Waals surface area contributed by atoms with E-state index in [4.69, 9.17) is 5.10 Å². The number of carbonyl (C=O) groups is 2. The number of imide groups is 1. The third-order valence-corrected chi connectivity index (χ3v) is 6.88. The number of para-hydroxylation sites is 1. The Morgan fingerprint density at radius 1 is 1.05 bits per heavy atom. The Morgan fingerprint density at radius 3 is 2.35 bits per heavy atom. The highest BCUT2D eigenvalue weighted by Gasteiger charge is 2.40. The highest BCUT2D eigenvalue weighted by atomic mass is 16.6. The summed E-state index contributed by atoms with van der Waals surface area (Å²) in [6.45, 7) is 1.61. The van der Waals surface area contributed by atoms with Gasteiger partial charge in [-0.1, -0.05) is 31.0 Å². The summed E-state index contributed by atoms with van der Waals surface area (Å²) in [5.41, 5.74) is 3.02. The molecule has 5 rings (SSSR count). The third kappa shape index (κ3) is 4.34. The molecule has 1 saturated carbocycles. The Balaban J connectivity index is 1.67. The number of aromatic nitrogens is 2. The molecule has 2 aliphatic rings. The zero-order valence-corrected chi connectivity index (χ0v) is 20.1. The van der Waals surface area contributed by atoms with Gasteiger partial charge in [-0.3, -0.25) is 24.6 Å². The van der Waals surface area contributed by atoms with Crippen molar-refractivity contribution in [1.82, 2.24) is 14.7 Å². The van der Waals surface area contributed by atoms with Crippen LogP contribution in [0.1, 0.15) is 38.2 Å². The van der Waals surface area contributed by atoms with Gasteiger partial charge in [0.25, 0.3) is 17.5 Å². The average molecular weight is 494 g/mol. The third-order valence-electron chi connectivity index (χ3n) is 6.88. The average Bonchev–Trinajstić information content (AvgIpc) is 3.58. The van der Waals surface area contributed by atoms with Crippen LogP contribution in [-0.4, -0.2) is 37.5 Å². The monoisotopic (exact) mass is 493 g/mol. The molecule has 1 aliphatic heterocycles. The summed E-state index contributed by atoms with van der Waals surface area (Å²) in [6, 6.07) is 17.2. The second kappa shape index (κ2) is 9.66. The number of hydrogen-bond donors (Lipinski definition) is 0. The van der Waals surface area contributed by atoms with Crippen molar-refractivity contribution in [2.24, 2.45) is 0 Å². The van der Waals surface area contributed by atoms with Crippen LogP contribution >= 0.6 is 0 Å². The lowest BCUT2D eigenvalue weighted by atomic mass is 9.92. The number of nitro benzene ring substituents is 1. The molecule has 3 aromatic rings. The maximum Gasteiger partial charge on any atom is 0.271 e. The minimum Gasteiger partial charge on any atom is -0.271 e. The normalized spacial score (nSPS) is 17.5. The van der Waals surface area contributed by atoms with E-state index in [2.05, 4.69) is 0 Å². The fraction of sp³-hybridized carbons (Fsp3) is 0.214. The predicted molar refractivity (Wildman–Crippen MR) is 136 cm³/mol. The predicted octanol–water partition coefficient (Wildman–Crippen LogP) is 4.98. The number of amides is 2. The van der Waals surface area contributed by atoms with Gasteiger partial charge in [-0.05, 0) is 55.7 Å². The smallest absolute Gasteiger partial charge is 0.271 e. The molecule has 2 aromatic carbocycles. The van der Waals surface area contributed by atoms with E-state index < -0.39 is 16.7 Å². The van der Waals surface area contributed by atoms with Crippen LogP contribution in [0.25, 0.3) is 23.0 Å². The maximum atomic E-state index is 13.6. The molecule has 9 nitrogen and oxygen atoms in total. The van der Waals surface area contributed by atoms with Gasteiger partial charge in [-0.25, -0.2) is 4.68 Å². The van der Waals surface area contributed by atoms with Crippen molar-refractivity contribution < 1.29 is 14.5 Å². The zero-order valence-electron chi connectivity index (χ0n) is 20.1. The summed E-state index contributed by atoms with van der Waals surface area (Å²) < 4.78 is 1.67. The number of hydrogen-bond acceptors (Lipinski definition) is 6. The first kappa shape index (κ1) is 23.9. The van der Waals surface area contributed by atoms with Crippen molar-refractivity contribution in [2.75, 3.05) is 0 Å². The molecule has 1 fully saturated rings. The van der Waals surface area contributed by atoms with E-state index in [1.54, 1.807) is 36.0 Å². The fourth-order valence-corrected chi connectivity index (χ4v) is 4.92. The molecule has 9 heteroatoms. The standard InChI is InChI=1S/C28H23N5O4/c1-18-24(27(34)32(22-9-5-6-10-22)28(35)25(18)16-29)15-20-17-31(21-7-3-2-4-8-21)30-26(20)19-11-13-23(14-12-19)33(36)37/h2-4,7-8,11-15,17,22H,5-6,9-10H2,1H3/b24-15+. The molecule has 0 saturated heterocycles. The first-order valence-electron chi connectivity index (χ1n) is 12.0. The molecule has 0 unspecified atom stereocenters. The largest absolute Gasteiger partial charge is 0.271 e. The van der Waals surface area contributed by atoms with Crippen molar-refractivity contribution in [1.29, 1.82) is 5.26 Å². The van der Waals surface area contributed by atoms with Gasteiger partial charge < -0.3 is 0 Å². The SMILES string of the molecule is CC1=C(C#N)C(=O)N(C2CCCC2)C(=O)/C1=C/c1cn(-c2ccccc2)nc1-c1ccc([N+](=O)[O-])cc1.